The zero-order valence-electron chi connectivity index (χ0n) is 7.62. The third-order valence-corrected chi connectivity index (χ3v) is 2.95. The smallest absolute Gasteiger partial charge is 0.0299 e. The van der Waals surface area contributed by atoms with E-state index in [0.717, 1.165) is 19.6 Å². The molecule has 0 aromatic carbocycles. The zero-order valence-corrected chi connectivity index (χ0v) is 8.51. The molecular formula is C8H18N2S. The second-order valence-electron chi connectivity index (χ2n) is 3.60. The van der Waals surface area contributed by atoms with E-state index in [-0.39, 0.29) is 0 Å². The van der Waals surface area contributed by atoms with Crippen molar-refractivity contribution in [1.82, 2.24) is 9.21 Å². The van der Waals surface area contributed by atoms with Crippen LogP contribution in [0.1, 0.15) is 20.8 Å². The maximum Gasteiger partial charge on any atom is 0.0299 e. The maximum absolute atomic E-state index is 4.37. The van der Waals surface area contributed by atoms with Gasteiger partial charge in [0.05, 0.1) is 0 Å². The normalized spacial score (nSPS) is 29.7. The van der Waals surface area contributed by atoms with Gasteiger partial charge in [0.25, 0.3) is 0 Å². The molecule has 11 heavy (non-hydrogen) atoms. The topological polar surface area (TPSA) is 6.48 Å². The van der Waals surface area contributed by atoms with Gasteiger partial charge in [-0.1, -0.05) is 12.8 Å². The van der Waals surface area contributed by atoms with E-state index in [1.807, 2.05) is 0 Å². The van der Waals surface area contributed by atoms with Crippen LogP contribution in [-0.4, -0.2) is 40.9 Å². The molecule has 0 aromatic rings. The van der Waals surface area contributed by atoms with Crippen LogP contribution in [0, 0.1) is 0 Å². The Morgan fingerprint density at radius 2 is 2.00 bits per heavy atom. The lowest BCUT2D eigenvalue weighted by atomic mass is 10.2. The molecule has 0 amide bonds. The fraction of sp³-hybridized carbons (Fsp3) is 1.00. The molecule has 3 heteroatoms. The molecule has 1 fully saturated rings. The van der Waals surface area contributed by atoms with E-state index in [1.165, 1.54) is 0 Å². The number of hydrogen-bond donors (Lipinski definition) is 1. The molecule has 1 unspecified atom stereocenters. The van der Waals surface area contributed by atoms with Gasteiger partial charge in [-0.05, 0) is 20.8 Å². The number of thiol groups is 1. The standard InChI is InChI=1S/C8H18N2S/c1-7(2)9-4-5-10(11)8(3)6-9/h7-8,11H,4-6H2,1-3H3. The highest BCUT2D eigenvalue weighted by atomic mass is 32.1. The Bertz CT molecular complexity index is 127. The molecule has 1 heterocycles. The molecule has 0 radical (unpaired) electrons. The second kappa shape index (κ2) is 3.78. The van der Waals surface area contributed by atoms with Gasteiger partial charge >= 0.3 is 0 Å². The first-order valence-corrected chi connectivity index (χ1v) is 4.71. The summed E-state index contributed by atoms with van der Waals surface area (Å²) in [6, 6.07) is 1.27. The molecule has 1 rings (SSSR count). The van der Waals surface area contributed by atoms with Gasteiger partial charge in [0, 0.05) is 31.7 Å². The number of nitrogens with zero attached hydrogens (tertiary/aromatic N) is 2. The summed E-state index contributed by atoms with van der Waals surface area (Å²) < 4.78 is 2.12. The van der Waals surface area contributed by atoms with Crippen molar-refractivity contribution in [2.75, 3.05) is 19.6 Å². The van der Waals surface area contributed by atoms with Gasteiger partial charge in [0.1, 0.15) is 0 Å². The van der Waals surface area contributed by atoms with Crippen molar-refractivity contribution in [3.63, 3.8) is 0 Å². The predicted molar refractivity (Wildman–Crippen MR) is 51.9 cm³/mol. The van der Waals surface area contributed by atoms with Crippen LogP contribution in [0.4, 0.5) is 0 Å². The van der Waals surface area contributed by atoms with Crippen molar-refractivity contribution in [2.45, 2.75) is 32.9 Å². The summed E-state index contributed by atoms with van der Waals surface area (Å²) in [7, 11) is 0. The Hall–Kier alpha value is 0.270. The molecule has 1 aliphatic rings. The number of rotatable bonds is 1. The zero-order chi connectivity index (χ0) is 8.43. The van der Waals surface area contributed by atoms with Crippen molar-refractivity contribution in [2.24, 2.45) is 0 Å². The molecule has 1 aliphatic heterocycles. The third-order valence-electron chi connectivity index (χ3n) is 2.35. The fourth-order valence-corrected chi connectivity index (χ4v) is 1.61. The summed E-state index contributed by atoms with van der Waals surface area (Å²) in [5.41, 5.74) is 0. The predicted octanol–water partition coefficient (Wildman–Crippen LogP) is 1.25. The molecule has 0 spiro atoms. The molecule has 0 N–H and O–H groups in total. The van der Waals surface area contributed by atoms with E-state index in [9.17, 15) is 0 Å². The molecular weight excluding hydrogens is 156 g/mol. The minimum atomic E-state index is 0.592. The van der Waals surface area contributed by atoms with Gasteiger partial charge in [0.2, 0.25) is 0 Å². The van der Waals surface area contributed by atoms with E-state index < -0.39 is 0 Å². The lowest BCUT2D eigenvalue weighted by Gasteiger charge is -2.38. The Labute approximate surface area is 75.1 Å². The highest BCUT2D eigenvalue weighted by molar-refractivity contribution is 7.77. The number of piperazine rings is 1. The maximum atomic E-state index is 4.37. The van der Waals surface area contributed by atoms with Gasteiger partial charge in [-0.3, -0.25) is 4.90 Å². The molecule has 0 bridgehead atoms. The van der Waals surface area contributed by atoms with Gasteiger partial charge in [-0.2, -0.15) is 0 Å². The van der Waals surface area contributed by atoms with Crippen LogP contribution in [0.5, 0.6) is 0 Å². The fourth-order valence-electron chi connectivity index (χ4n) is 1.45. The molecule has 2 nitrogen and oxygen atoms in total. The van der Waals surface area contributed by atoms with E-state index in [0.29, 0.717) is 12.1 Å². The lowest BCUT2D eigenvalue weighted by Crippen LogP contribution is -2.50. The highest BCUT2D eigenvalue weighted by Gasteiger charge is 2.22. The Kier molecular flexibility index (Phi) is 3.22. The van der Waals surface area contributed by atoms with Crippen LogP contribution < -0.4 is 0 Å². The third kappa shape index (κ3) is 2.36. The van der Waals surface area contributed by atoms with Crippen molar-refractivity contribution >= 4 is 12.8 Å². The van der Waals surface area contributed by atoms with Crippen molar-refractivity contribution in [1.29, 1.82) is 0 Å². The minimum Gasteiger partial charge on any atom is -0.298 e. The van der Waals surface area contributed by atoms with Crippen LogP contribution in [0.2, 0.25) is 0 Å². The highest BCUT2D eigenvalue weighted by Crippen LogP contribution is 2.12. The van der Waals surface area contributed by atoms with Gasteiger partial charge in [-0.25, -0.2) is 4.31 Å². The SMILES string of the molecule is CC1CN(C(C)C)CCN1S. The summed E-state index contributed by atoms with van der Waals surface area (Å²) in [6.45, 7) is 10.1. The Morgan fingerprint density at radius 1 is 1.36 bits per heavy atom. The van der Waals surface area contributed by atoms with Crippen LogP contribution in [-0.2, 0) is 0 Å². The first-order valence-electron chi connectivity index (χ1n) is 4.31. The van der Waals surface area contributed by atoms with Crippen molar-refractivity contribution in [3.8, 4) is 0 Å². The van der Waals surface area contributed by atoms with E-state index in [4.69, 9.17) is 0 Å². The average molecular weight is 174 g/mol. The molecule has 0 saturated carbocycles. The molecule has 0 aromatic heterocycles. The molecule has 1 saturated heterocycles. The summed E-state index contributed by atoms with van der Waals surface area (Å²) in [4.78, 5) is 2.50. The van der Waals surface area contributed by atoms with Crippen LogP contribution in [0.25, 0.3) is 0 Å². The van der Waals surface area contributed by atoms with Gasteiger partial charge < -0.3 is 0 Å². The van der Waals surface area contributed by atoms with Crippen LogP contribution in [0.3, 0.4) is 0 Å². The summed E-state index contributed by atoms with van der Waals surface area (Å²) in [5, 5.41) is 0. The minimum absolute atomic E-state index is 0.592. The van der Waals surface area contributed by atoms with Crippen molar-refractivity contribution < 1.29 is 0 Å². The molecule has 1 atom stereocenters. The van der Waals surface area contributed by atoms with Crippen LogP contribution >= 0.6 is 12.8 Å². The van der Waals surface area contributed by atoms with Gasteiger partial charge in [0.15, 0.2) is 0 Å². The monoisotopic (exact) mass is 174 g/mol. The Balaban J connectivity index is 2.40. The van der Waals surface area contributed by atoms with Gasteiger partial charge in [-0.15, -0.1) is 0 Å². The second-order valence-corrected chi connectivity index (χ2v) is 4.11. The lowest BCUT2D eigenvalue weighted by molar-refractivity contribution is 0.124. The largest absolute Gasteiger partial charge is 0.298 e. The van der Waals surface area contributed by atoms with Crippen molar-refractivity contribution in [3.05, 3.63) is 0 Å². The van der Waals surface area contributed by atoms with Crippen LogP contribution in [0.15, 0.2) is 0 Å². The summed E-state index contributed by atoms with van der Waals surface area (Å²) in [6.07, 6.45) is 0. The number of hydrogen-bond acceptors (Lipinski definition) is 3. The Morgan fingerprint density at radius 3 is 2.45 bits per heavy atom. The van der Waals surface area contributed by atoms with E-state index >= 15 is 0 Å². The molecule has 66 valence electrons. The first kappa shape index (κ1) is 9.36. The summed E-state index contributed by atoms with van der Waals surface area (Å²) in [5.74, 6) is 0. The summed E-state index contributed by atoms with van der Waals surface area (Å²) >= 11 is 4.37. The van der Waals surface area contributed by atoms with E-state index in [1.54, 1.807) is 0 Å². The molecule has 0 aliphatic carbocycles. The quantitative estimate of drug-likeness (QED) is 0.598. The first-order chi connectivity index (χ1) is 5.11. The average Bonchev–Trinajstić information content (AvgIpc) is 1.94. The van der Waals surface area contributed by atoms with E-state index in [2.05, 4.69) is 42.8 Å².